The van der Waals surface area contributed by atoms with Crippen molar-refractivity contribution >= 4 is 29.1 Å². The van der Waals surface area contributed by atoms with E-state index in [0.29, 0.717) is 5.92 Å². The maximum absolute atomic E-state index is 11.6. The number of thiazole rings is 1. The van der Waals surface area contributed by atoms with E-state index in [0.717, 1.165) is 17.1 Å². The predicted molar refractivity (Wildman–Crippen MR) is 110 cm³/mol. The van der Waals surface area contributed by atoms with Crippen molar-refractivity contribution < 1.29 is 9.53 Å². The SMILES string of the molecule is COC(=O)C1CC1c1ccc(Sc2sc(-c3ccc(C)cc3)nc2C)cc1. The third-order valence-corrected chi connectivity index (χ3v) is 7.36. The average molecular weight is 396 g/mol. The van der Waals surface area contributed by atoms with Gasteiger partial charge in [0.15, 0.2) is 0 Å². The normalized spacial score (nSPS) is 18.3. The lowest BCUT2D eigenvalue weighted by Gasteiger charge is -2.03. The highest BCUT2D eigenvalue weighted by Crippen LogP contribution is 2.48. The number of hydrogen-bond acceptors (Lipinski definition) is 5. The van der Waals surface area contributed by atoms with Crippen LogP contribution < -0.4 is 0 Å². The van der Waals surface area contributed by atoms with E-state index in [1.54, 1.807) is 23.1 Å². The molecule has 27 heavy (non-hydrogen) atoms. The standard InChI is InChI=1S/C22H21NO2S2/c1-13-4-6-16(7-5-13)20-23-14(2)22(27-20)26-17-10-8-15(9-11-17)18-12-19(18)21(24)25-3/h4-11,18-19H,12H2,1-3H3. The van der Waals surface area contributed by atoms with Crippen molar-refractivity contribution in [2.45, 2.75) is 35.3 Å². The summed E-state index contributed by atoms with van der Waals surface area (Å²) in [5.74, 6) is 0.256. The fraction of sp³-hybridized carbons (Fsp3) is 0.273. The molecule has 3 nitrogen and oxygen atoms in total. The Balaban J connectivity index is 1.47. The minimum absolute atomic E-state index is 0.0364. The molecular weight excluding hydrogens is 374 g/mol. The number of carbonyl (C=O) groups excluding carboxylic acids is 1. The summed E-state index contributed by atoms with van der Waals surface area (Å²) in [6.45, 7) is 4.16. The summed E-state index contributed by atoms with van der Waals surface area (Å²) in [7, 11) is 1.46. The Labute approximate surface area is 167 Å². The lowest BCUT2D eigenvalue weighted by atomic mass is 10.1. The highest BCUT2D eigenvalue weighted by atomic mass is 32.2. The first kappa shape index (κ1) is 18.3. The van der Waals surface area contributed by atoms with Crippen LogP contribution in [0.2, 0.25) is 0 Å². The summed E-state index contributed by atoms with van der Waals surface area (Å²) in [5, 5.41) is 1.06. The monoisotopic (exact) mass is 395 g/mol. The van der Waals surface area contributed by atoms with Crippen LogP contribution in [0.4, 0.5) is 0 Å². The quantitative estimate of drug-likeness (QED) is 0.508. The third-order valence-electron chi connectivity index (χ3n) is 4.87. The van der Waals surface area contributed by atoms with Gasteiger partial charge in [-0.2, -0.15) is 0 Å². The number of aromatic nitrogens is 1. The van der Waals surface area contributed by atoms with E-state index in [2.05, 4.69) is 62.4 Å². The second-order valence-corrected chi connectivity index (χ2v) is 9.24. The van der Waals surface area contributed by atoms with Crippen LogP contribution in [0.25, 0.3) is 10.6 Å². The lowest BCUT2D eigenvalue weighted by molar-refractivity contribution is -0.142. The van der Waals surface area contributed by atoms with Crippen molar-refractivity contribution in [2.24, 2.45) is 5.92 Å². The molecule has 138 valence electrons. The summed E-state index contributed by atoms with van der Waals surface area (Å²) < 4.78 is 6.06. The molecule has 0 radical (unpaired) electrons. The Bertz CT molecular complexity index is 961. The number of methoxy groups -OCH3 is 1. The Morgan fingerprint density at radius 3 is 2.48 bits per heavy atom. The molecule has 3 aromatic rings. The molecule has 2 aromatic carbocycles. The lowest BCUT2D eigenvalue weighted by Crippen LogP contribution is -2.03. The number of rotatable bonds is 5. The zero-order valence-corrected chi connectivity index (χ0v) is 17.2. The summed E-state index contributed by atoms with van der Waals surface area (Å²) >= 11 is 3.48. The van der Waals surface area contributed by atoms with E-state index in [4.69, 9.17) is 9.72 Å². The van der Waals surface area contributed by atoms with Gasteiger partial charge in [0.1, 0.15) is 5.01 Å². The van der Waals surface area contributed by atoms with Gasteiger partial charge in [0.05, 0.1) is 22.9 Å². The molecule has 0 spiro atoms. The molecule has 2 atom stereocenters. The number of nitrogens with zero attached hydrogens (tertiary/aromatic N) is 1. The molecule has 4 rings (SSSR count). The molecule has 1 aliphatic rings. The van der Waals surface area contributed by atoms with Crippen LogP contribution in [0, 0.1) is 19.8 Å². The van der Waals surface area contributed by atoms with E-state index in [-0.39, 0.29) is 11.9 Å². The zero-order valence-electron chi connectivity index (χ0n) is 15.6. The van der Waals surface area contributed by atoms with Gasteiger partial charge in [-0.3, -0.25) is 4.79 Å². The fourth-order valence-electron chi connectivity index (χ4n) is 3.16. The van der Waals surface area contributed by atoms with Gasteiger partial charge in [0.25, 0.3) is 0 Å². The number of hydrogen-bond donors (Lipinski definition) is 0. The second-order valence-electron chi connectivity index (χ2n) is 6.90. The molecular formula is C22H21NO2S2. The van der Waals surface area contributed by atoms with Crippen molar-refractivity contribution in [1.29, 1.82) is 0 Å². The summed E-state index contributed by atoms with van der Waals surface area (Å²) in [5.41, 5.74) is 4.71. The maximum Gasteiger partial charge on any atom is 0.309 e. The average Bonchev–Trinajstić information content (AvgIpc) is 3.40. The van der Waals surface area contributed by atoms with Crippen LogP contribution in [0.5, 0.6) is 0 Å². The zero-order chi connectivity index (χ0) is 19.0. The van der Waals surface area contributed by atoms with Gasteiger partial charge in [-0.05, 0) is 43.9 Å². The largest absolute Gasteiger partial charge is 0.469 e. The molecule has 1 aliphatic carbocycles. The molecule has 0 aliphatic heterocycles. The maximum atomic E-state index is 11.6. The second kappa shape index (κ2) is 7.49. The van der Waals surface area contributed by atoms with E-state index in [1.807, 2.05) is 0 Å². The number of aryl methyl sites for hydroxylation is 2. The predicted octanol–water partition coefficient (Wildman–Crippen LogP) is 5.85. The van der Waals surface area contributed by atoms with Gasteiger partial charge >= 0.3 is 5.97 Å². The highest BCUT2D eigenvalue weighted by molar-refractivity contribution is 8.01. The Morgan fingerprint density at radius 2 is 1.81 bits per heavy atom. The topological polar surface area (TPSA) is 39.2 Å². The first-order valence-corrected chi connectivity index (χ1v) is 10.6. The number of benzene rings is 2. The van der Waals surface area contributed by atoms with Crippen LogP contribution in [-0.2, 0) is 9.53 Å². The van der Waals surface area contributed by atoms with E-state index < -0.39 is 0 Å². The van der Waals surface area contributed by atoms with Crippen LogP contribution in [0.15, 0.2) is 57.6 Å². The van der Waals surface area contributed by atoms with Crippen LogP contribution in [0.1, 0.15) is 29.2 Å². The smallest absolute Gasteiger partial charge is 0.309 e. The first-order chi connectivity index (χ1) is 13.0. The van der Waals surface area contributed by atoms with Gasteiger partial charge in [0.2, 0.25) is 0 Å². The van der Waals surface area contributed by atoms with E-state index in [9.17, 15) is 4.79 Å². The number of carbonyl (C=O) groups is 1. The van der Waals surface area contributed by atoms with Crippen LogP contribution in [-0.4, -0.2) is 18.1 Å². The van der Waals surface area contributed by atoms with Crippen molar-refractivity contribution in [3.63, 3.8) is 0 Å². The molecule has 1 heterocycles. The summed E-state index contributed by atoms with van der Waals surface area (Å²) in [6, 6.07) is 17.0. The Hall–Kier alpha value is -2.11. The number of esters is 1. The van der Waals surface area contributed by atoms with Gasteiger partial charge in [-0.15, -0.1) is 11.3 Å². The van der Waals surface area contributed by atoms with Gasteiger partial charge in [-0.1, -0.05) is 53.7 Å². The first-order valence-electron chi connectivity index (χ1n) is 8.95. The molecule has 0 bridgehead atoms. The highest BCUT2D eigenvalue weighted by Gasteiger charge is 2.44. The molecule has 2 unspecified atom stereocenters. The fourth-order valence-corrected chi connectivity index (χ4v) is 5.34. The summed E-state index contributed by atoms with van der Waals surface area (Å²) in [4.78, 5) is 17.5. The molecule has 5 heteroatoms. The molecule has 1 saturated carbocycles. The molecule has 0 amide bonds. The minimum Gasteiger partial charge on any atom is -0.469 e. The summed E-state index contributed by atoms with van der Waals surface area (Å²) in [6.07, 6.45) is 0.896. The van der Waals surface area contributed by atoms with Crippen LogP contribution >= 0.6 is 23.1 Å². The Kier molecular flexibility index (Phi) is 5.06. The van der Waals surface area contributed by atoms with Gasteiger partial charge < -0.3 is 4.74 Å². The van der Waals surface area contributed by atoms with Gasteiger partial charge in [-0.25, -0.2) is 4.98 Å². The minimum atomic E-state index is -0.0950. The van der Waals surface area contributed by atoms with Crippen molar-refractivity contribution in [3.05, 3.63) is 65.4 Å². The van der Waals surface area contributed by atoms with E-state index >= 15 is 0 Å². The van der Waals surface area contributed by atoms with Crippen molar-refractivity contribution in [3.8, 4) is 10.6 Å². The molecule has 0 saturated heterocycles. The van der Waals surface area contributed by atoms with Crippen molar-refractivity contribution in [1.82, 2.24) is 4.98 Å². The van der Waals surface area contributed by atoms with Crippen LogP contribution in [0.3, 0.4) is 0 Å². The Morgan fingerprint density at radius 1 is 1.11 bits per heavy atom. The molecule has 1 fully saturated rings. The van der Waals surface area contributed by atoms with Crippen molar-refractivity contribution in [2.75, 3.05) is 7.11 Å². The van der Waals surface area contributed by atoms with E-state index in [1.165, 1.54) is 32.9 Å². The molecule has 1 aromatic heterocycles. The van der Waals surface area contributed by atoms with Gasteiger partial charge in [0, 0.05) is 10.5 Å². The molecule has 0 N–H and O–H groups in total. The number of ether oxygens (including phenoxy) is 1. The third kappa shape index (κ3) is 3.94.